The Bertz CT molecular complexity index is 1360. The SMILES string of the molecule is O=C(C[C@H](Cc1ccc(O)c(F)c1)n1cc(CN(c2ccc(-c3ccccc3)s2)S(=O)[O-])nn1)NO. The first-order chi connectivity index (χ1) is 17.3. The van der Waals surface area contributed by atoms with E-state index in [1.807, 2.05) is 36.4 Å². The summed E-state index contributed by atoms with van der Waals surface area (Å²) in [6, 6.07) is 16.3. The Hall–Kier alpha value is -3.65. The van der Waals surface area contributed by atoms with Crippen LogP contribution in [0.1, 0.15) is 23.7 Å². The number of anilines is 1. The highest BCUT2D eigenvalue weighted by Gasteiger charge is 2.21. The van der Waals surface area contributed by atoms with E-state index in [0.717, 1.165) is 20.8 Å². The molecule has 0 fully saturated rings. The van der Waals surface area contributed by atoms with Crippen LogP contribution in [0, 0.1) is 5.82 Å². The molecule has 2 atom stereocenters. The normalized spacial score (nSPS) is 12.8. The summed E-state index contributed by atoms with van der Waals surface area (Å²) < 4.78 is 40.3. The van der Waals surface area contributed by atoms with E-state index in [2.05, 4.69) is 10.3 Å². The van der Waals surface area contributed by atoms with Crippen LogP contribution in [0.4, 0.5) is 9.39 Å². The molecular weight excluding hydrogens is 509 g/mol. The number of carbonyl (C=O) groups is 1. The zero-order valence-corrected chi connectivity index (χ0v) is 20.3. The molecule has 4 rings (SSSR count). The van der Waals surface area contributed by atoms with Crippen molar-refractivity contribution in [2.24, 2.45) is 0 Å². The van der Waals surface area contributed by atoms with Crippen molar-refractivity contribution in [1.29, 1.82) is 0 Å². The summed E-state index contributed by atoms with van der Waals surface area (Å²) in [5.74, 6) is -2.00. The molecule has 4 aromatic rings. The third kappa shape index (κ3) is 6.12. The van der Waals surface area contributed by atoms with Gasteiger partial charge in [0.25, 0.3) is 0 Å². The number of hydrogen-bond donors (Lipinski definition) is 3. The van der Waals surface area contributed by atoms with E-state index in [9.17, 15) is 23.1 Å². The highest BCUT2D eigenvalue weighted by atomic mass is 32.2. The summed E-state index contributed by atoms with van der Waals surface area (Å²) in [4.78, 5) is 12.8. The number of nitrogens with zero attached hydrogens (tertiary/aromatic N) is 4. The Morgan fingerprint density at radius 2 is 2.00 bits per heavy atom. The molecule has 0 aliphatic heterocycles. The minimum Gasteiger partial charge on any atom is -0.755 e. The van der Waals surface area contributed by atoms with Crippen molar-refractivity contribution in [3.63, 3.8) is 0 Å². The van der Waals surface area contributed by atoms with Gasteiger partial charge in [0, 0.05) is 16.1 Å². The average molecular weight is 531 g/mol. The Kier molecular flexibility index (Phi) is 8.05. The Labute approximate surface area is 212 Å². The number of amides is 1. The van der Waals surface area contributed by atoms with E-state index in [4.69, 9.17) is 5.21 Å². The monoisotopic (exact) mass is 530 g/mol. The lowest BCUT2D eigenvalue weighted by atomic mass is 10.0. The fraction of sp³-hybridized carbons (Fsp3) is 0.174. The standard InChI is InChI=1S/C23H22FN5O5S2/c24-19-11-15(6-7-20(19)30)10-18(12-22(31)26-32)28-13-17(25-27-28)14-29(36(33)34)23-9-8-21(35-23)16-4-2-1-3-5-16/h1-9,11,13,18,30,32H,10,12,14H2,(H,26,31)(H,33,34)/p-1/t18-/m0/s1. The minimum absolute atomic E-state index is 0.0996. The van der Waals surface area contributed by atoms with Gasteiger partial charge in [0.05, 0.1) is 25.2 Å². The van der Waals surface area contributed by atoms with E-state index in [1.54, 1.807) is 11.5 Å². The maximum Gasteiger partial charge on any atom is 0.245 e. The number of carbonyl (C=O) groups excluding carboxylic acids is 1. The zero-order valence-electron chi connectivity index (χ0n) is 18.7. The second kappa shape index (κ2) is 11.4. The van der Waals surface area contributed by atoms with Gasteiger partial charge in [-0.3, -0.25) is 18.5 Å². The van der Waals surface area contributed by atoms with Crippen molar-refractivity contribution in [2.75, 3.05) is 4.31 Å². The minimum atomic E-state index is -2.59. The summed E-state index contributed by atoms with van der Waals surface area (Å²) in [5.41, 5.74) is 3.32. The number of phenols is 1. The molecule has 0 bridgehead atoms. The van der Waals surface area contributed by atoms with Gasteiger partial charge in [-0.1, -0.05) is 41.6 Å². The number of phenolic OH excluding ortho intramolecular Hbond substituents is 1. The lowest BCUT2D eigenvalue weighted by molar-refractivity contribution is -0.130. The molecule has 0 aliphatic rings. The molecular formula is C23H21FN5O5S2-. The van der Waals surface area contributed by atoms with E-state index >= 15 is 0 Å². The van der Waals surface area contributed by atoms with E-state index in [-0.39, 0.29) is 19.4 Å². The summed E-state index contributed by atoms with van der Waals surface area (Å²) in [7, 11) is 0. The van der Waals surface area contributed by atoms with Crippen LogP contribution in [-0.2, 0) is 29.0 Å². The number of rotatable bonds is 10. The lowest BCUT2D eigenvalue weighted by Crippen LogP contribution is -2.25. The van der Waals surface area contributed by atoms with Gasteiger partial charge in [0.2, 0.25) is 5.91 Å². The molecule has 0 saturated carbocycles. The number of hydrogen-bond acceptors (Lipinski definition) is 8. The fourth-order valence-electron chi connectivity index (χ4n) is 3.60. The molecule has 0 saturated heterocycles. The number of thiophene rings is 1. The third-order valence-corrected chi connectivity index (χ3v) is 7.30. The van der Waals surface area contributed by atoms with Gasteiger partial charge < -0.3 is 9.66 Å². The van der Waals surface area contributed by atoms with Gasteiger partial charge in [0.15, 0.2) is 11.6 Å². The lowest BCUT2D eigenvalue weighted by Gasteiger charge is -2.23. The van der Waals surface area contributed by atoms with E-state index in [0.29, 0.717) is 16.3 Å². The molecule has 2 aromatic carbocycles. The second-order valence-electron chi connectivity index (χ2n) is 7.83. The van der Waals surface area contributed by atoms with Crippen molar-refractivity contribution in [3.05, 3.63) is 83.9 Å². The van der Waals surface area contributed by atoms with Crippen LogP contribution in [0.15, 0.2) is 66.9 Å². The first kappa shape index (κ1) is 25.4. The van der Waals surface area contributed by atoms with Crippen LogP contribution in [-0.4, -0.2) is 40.0 Å². The predicted octanol–water partition coefficient (Wildman–Crippen LogP) is 3.33. The van der Waals surface area contributed by atoms with Crippen LogP contribution in [0.3, 0.4) is 0 Å². The summed E-state index contributed by atoms with van der Waals surface area (Å²) >= 11 is -1.28. The maximum absolute atomic E-state index is 13.8. The number of nitrogens with one attached hydrogen (secondary N) is 1. The Morgan fingerprint density at radius 1 is 1.22 bits per heavy atom. The quantitative estimate of drug-likeness (QED) is 0.162. The number of benzene rings is 2. The maximum atomic E-state index is 13.8. The largest absolute Gasteiger partial charge is 0.755 e. The van der Waals surface area contributed by atoms with Crippen LogP contribution >= 0.6 is 11.3 Å². The van der Waals surface area contributed by atoms with Crippen molar-refractivity contribution < 1.29 is 28.3 Å². The predicted molar refractivity (Wildman–Crippen MR) is 130 cm³/mol. The highest BCUT2D eigenvalue weighted by molar-refractivity contribution is 7.80. The fourth-order valence-corrected chi connectivity index (χ4v) is 5.26. The molecule has 2 heterocycles. The van der Waals surface area contributed by atoms with Gasteiger partial charge in [-0.2, -0.15) is 0 Å². The molecule has 0 spiro atoms. The van der Waals surface area contributed by atoms with Gasteiger partial charge in [-0.25, -0.2) is 14.6 Å². The summed E-state index contributed by atoms with van der Waals surface area (Å²) in [5, 5.41) is 27.0. The van der Waals surface area contributed by atoms with Gasteiger partial charge in [0.1, 0.15) is 10.7 Å². The number of aromatic hydroxyl groups is 1. The van der Waals surface area contributed by atoms with Crippen LogP contribution < -0.4 is 9.79 Å². The molecule has 3 N–H and O–H groups in total. The molecule has 0 aliphatic carbocycles. The third-order valence-electron chi connectivity index (χ3n) is 5.34. The molecule has 188 valence electrons. The molecule has 36 heavy (non-hydrogen) atoms. The number of hydroxylamine groups is 1. The van der Waals surface area contributed by atoms with E-state index in [1.165, 1.54) is 34.3 Å². The molecule has 13 heteroatoms. The van der Waals surface area contributed by atoms with Crippen molar-refractivity contribution in [3.8, 4) is 16.2 Å². The number of halogens is 1. The Balaban J connectivity index is 1.54. The van der Waals surface area contributed by atoms with Crippen LogP contribution in [0.5, 0.6) is 5.75 Å². The van der Waals surface area contributed by atoms with Crippen LogP contribution in [0.25, 0.3) is 10.4 Å². The second-order valence-corrected chi connectivity index (χ2v) is 9.77. The molecule has 10 nitrogen and oxygen atoms in total. The molecule has 1 unspecified atom stereocenters. The molecule has 1 amide bonds. The van der Waals surface area contributed by atoms with Crippen molar-refractivity contribution >= 4 is 33.5 Å². The summed E-state index contributed by atoms with van der Waals surface area (Å²) in [6.45, 7) is -0.0996. The topological polar surface area (TPSA) is 144 Å². The van der Waals surface area contributed by atoms with Gasteiger partial charge >= 0.3 is 0 Å². The van der Waals surface area contributed by atoms with Gasteiger partial charge in [-0.05, 0) is 41.8 Å². The molecule has 2 aromatic heterocycles. The molecule has 0 radical (unpaired) electrons. The van der Waals surface area contributed by atoms with Crippen LogP contribution in [0.2, 0.25) is 0 Å². The first-order valence-electron chi connectivity index (χ1n) is 10.7. The zero-order chi connectivity index (χ0) is 25.7. The average Bonchev–Trinajstić information content (AvgIpc) is 3.55. The number of aromatic nitrogens is 3. The van der Waals surface area contributed by atoms with Crippen molar-refractivity contribution in [1.82, 2.24) is 20.5 Å². The van der Waals surface area contributed by atoms with E-state index < -0.39 is 34.8 Å². The Morgan fingerprint density at radius 3 is 2.69 bits per heavy atom. The summed E-state index contributed by atoms with van der Waals surface area (Å²) in [6.07, 6.45) is 1.43. The smallest absolute Gasteiger partial charge is 0.245 e. The van der Waals surface area contributed by atoms with Gasteiger partial charge in [-0.15, -0.1) is 16.4 Å². The first-order valence-corrected chi connectivity index (χ1v) is 12.5. The van der Waals surface area contributed by atoms with Crippen molar-refractivity contribution in [2.45, 2.75) is 25.4 Å². The highest BCUT2D eigenvalue weighted by Crippen LogP contribution is 2.34.